The van der Waals surface area contributed by atoms with E-state index in [0.29, 0.717) is 5.57 Å². The zero-order valence-electron chi connectivity index (χ0n) is 20.7. The molecule has 1 rings (SSSR count). The first kappa shape index (κ1) is 30.0. The Morgan fingerprint density at radius 1 is 1.21 bits per heavy atom. The molecule has 194 valence electrons. The molecule has 8 unspecified atom stereocenters. The Hall–Kier alpha value is -2.07. The molecular formula is C25H40O9. The lowest BCUT2D eigenvalue weighted by Crippen LogP contribution is -2.39. The molecule has 0 spiro atoms. The maximum atomic E-state index is 13.0. The second kappa shape index (κ2) is 14.4. The van der Waals surface area contributed by atoms with Gasteiger partial charge in [-0.15, -0.1) is 0 Å². The van der Waals surface area contributed by atoms with Crippen molar-refractivity contribution in [1.29, 1.82) is 0 Å². The van der Waals surface area contributed by atoms with E-state index in [-0.39, 0.29) is 17.6 Å². The lowest BCUT2D eigenvalue weighted by molar-refractivity contribution is -0.164. The van der Waals surface area contributed by atoms with Gasteiger partial charge < -0.3 is 29.9 Å². The number of cyclic esters (lactones) is 1. The van der Waals surface area contributed by atoms with Crippen molar-refractivity contribution in [1.82, 2.24) is 0 Å². The summed E-state index contributed by atoms with van der Waals surface area (Å²) in [5, 5.41) is 38.4. The average Bonchev–Trinajstić information content (AvgIpc) is 2.77. The van der Waals surface area contributed by atoms with E-state index < -0.39 is 61.4 Å². The minimum absolute atomic E-state index is 0.0997. The molecule has 0 saturated heterocycles. The Labute approximate surface area is 201 Å². The summed E-state index contributed by atoms with van der Waals surface area (Å²) in [6.07, 6.45) is 2.14. The van der Waals surface area contributed by atoms with Crippen LogP contribution in [0.5, 0.6) is 0 Å². The molecule has 0 aromatic carbocycles. The monoisotopic (exact) mass is 484 g/mol. The number of allylic oxidation sites excluding steroid dienone is 2. The van der Waals surface area contributed by atoms with Crippen molar-refractivity contribution in [3.63, 3.8) is 0 Å². The quantitative estimate of drug-likeness (QED) is 0.219. The number of carbonyl (C=O) groups excluding carboxylic acids is 2. The Balaban J connectivity index is 3.10. The van der Waals surface area contributed by atoms with Gasteiger partial charge in [0.2, 0.25) is 0 Å². The van der Waals surface area contributed by atoms with E-state index in [1.165, 1.54) is 6.08 Å². The standard InChI is InChI=1S/C25H40O9/c1-14-7-6-8-15(2)24(34-25(32)23(31)19(27)10-9-14)17(4)11-16(3)22(30)18(5)20(33-13-26)12-21(28)29/h9-11,14-16,18-20,23-24,26-27,31H,6-8,12-13H2,1-5H3,(H,28,29)/b10-9+,17-11+. The van der Waals surface area contributed by atoms with Gasteiger partial charge in [-0.2, -0.15) is 0 Å². The summed E-state index contributed by atoms with van der Waals surface area (Å²) in [5.74, 6) is -3.71. The highest BCUT2D eigenvalue weighted by molar-refractivity contribution is 5.85. The third-order valence-electron chi connectivity index (χ3n) is 6.36. The summed E-state index contributed by atoms with van der Waals surface area (Å²) in [6, 6.07) is 0. The Kier molecular flexibility index (Phi) is 12.7. The van der Waals surface area contributed by atoms with Gasteiger partial charge in [0.1, 0.15) is 24.8 Å². The van der Waals surface area contributed by atoms with Gasteiger partial charge in [-0.25, -0.2) is 4.79 Å². The molecule has 0 aliphatic carbocycles. The minimum Gasteiger partial charge on any atom is -0.481 e. The number of esters is 1. The third-order valence-corrected chi connectivity index (χ3v) is 6.36. The van der Waals surface area contributed by atoms with Crippen LogP contribution in [0.15, 0.2) is 23.8 Å². The summed E-state index contributed by atoms with van der Waals surface area (Å²) in [4.78, 5) is 36.6. The molecule has 0 bridgehead atoms. The number of rotatable bonds is 9. The summed E-state index contributed by atoms with van der Waals surface area (Å²) < 4.78 is 10.6. The second-order valence-corrected chi connectivity index (χ2v) is 9.39. The van der Waals surface area contributed by atoms with E-state index >= 15 is 0 Å². The maximum absolute atomic E-state index is 13.0. The lowest BCUT2D eigenvalue weighted by Gasteiger charge is -2.28. The molecule has 0 amide bonds. The number of carboxylic acids is 1. The molecule has 0 aromatic heterocycles. The van der Waals surface area contributed by atoms with Gasteiger partial charge in [0.05, 0.1) is 12.5 Å². The van der Waals surface area contributed by atoms with Crippen molar-refractivity contribution < 1.29 is 44.3 Å². The van der Waals surface area contributed by atoms with Crippen LogP contribution in [-0.4, -0.2) is 69.4 Å². The van der Waals surface area contributed by atoms with Crippen LogP contribution < -0.4 is 0 Å². The number of carboxylic acid groups (broad SMARTS) is 1. The molecule has 34 heavy (non-hydrogen) atoms. The molecule has 4 N–H and O–H groups in total. The average molecular weight is 485 g/mol. The van der Waals surface area contributed by atoms with Crippen molar-refractivity contribution in [3.8, 4) is 0 Å². The van der Waals surface area contributed by atoms with Crippen molar-refractivity contribution in [2.24, 2.45) is 23.7 Å². The first-order valence-electron chi connectivity index (χ1n) is 11.8. The highest BCUT2D eigenvalue weighted by Crippen LogP contribution is 2.27. The molecule has 9 nitrogen and oxygen atoms in total. The fourth-order valence-corrected chi connectivity index (χ4v) is 4.23. The largest absolute Gasteiger partial charge is 0.481 e. The van der Waals surface area contributed by atoms with Gasteiger partial charge in [-0.05, 0) is 37.2 Å². The van der Waals surface area contributed by atoms with Crippen LogP contribution in [0.4, 0.5) is 0 Å². The third kappa shape index (κ3) is 9.29. The summed E-state index contributed by atoms with van der Waals surface area (Å²) in [6.45, 7) is 8.18. The predicted octanol–water partition coefficient (Wildman–Crippen LogP) is 2.23. The summed E-state index contributed by atoms with van der Waals surface area (Å²) in [7, 11) is 0. The normalized spacial score (nSPS) is 30.8. The highest BCUT2D eigenvalue weighted by Gasteiger charge is 2.32. The van der Waals surface area contributed by atoms with Crippen LogP contribution in [0.2, 0.25) is 0 Å². The smallest absolute Gasteiger partial charge is 0.338 e. The van der Waals surface area contributed by atoms with E-state index in [0.717, 1.165) is 19.3 Å². The molecule has 1 aliphatic rings. The van der Waals surface area contributed by atoms with Crippen molar-refractivity contribution >= 4 is 17.7 Å². The lowest BCUT2D eigenvalue weighted by atomic mass is 9.86. The van der Waals surface area contributed by atoms with Crippen LogP contribution >= 0.6 is 0 Å². The van der Waals surface area contributed by atoms with Gasteiger partial charge in [-0.1, -0.05) is 52.3 Å². The van der Waals surface area contributed by atoms with Crippen molar-refractivity contribution in [2.45, 2.75) is 84.7 Å². The molecule has 0 fully saturated rings. The molecule has 1 aliphatic heterocycles. The Morgan fingerprint density at radius 3 is 2.44 bits per heavy atom. The summed E-state index contributed by atoms with van der Waals surface area (Å²) in [5.41, 5.74) is 0.620. The zero-order chi connectivity index (χ0) is 26.0. The minimum atomic E-state index is -1.73. The number of ether oxygens (including phenoxy) is 2. The molecule has 0 radical (unpaired) electrons. The van der Waals surface area contributed by atoms with Crippen LogP contribution in [0.25, 0.3) is 0 Å². The predicted molar refractivity (Wildman–Crippen MR) is 125 cm³/mol. The zero-order valence-corrected chi connectivity index (χ0v) is 20.7. The topological polar surface area (TPSA) is 151 Å². The SMILES string of the molecule is C/C(=C\C(C)C(=O)C(C)C(CC(=O)O)OCO)C1OC(=O)C(O)C(O)/C=C/C(C)CCCC1C. The first-order valence-corrected chi connectivity index (χ1v) is 11.8. The van der Waals surface area contributed by atoms with Gasteiger partial charge in [0.15, 0.2) is 6.10 Å². The van der Waals surface area contributed by atoms with Crippen LogP contribution in [-0.2, 0) is 23.9 Å². The Morgan fingerprint density at radius 2 is 1.85 bits per heavy atom. The second-order valence-electron chi connectivity index (χ2n) is 9.39. The number of aliphatic hydroxyl groups excluding tert-OH is 3. The number of aliphatic carboxylic acids is 1. The molecule has 0 aromatic rings. The van der Waals surface area contributed by atoms with E-state index in [1.54, 1.807) is 32.9 Å². The maximum Gasteiger partial charge on any atom is 0.338 e. The molecule has 0 saturated carbocycles. The molecule has 9 heteroatoms. The van der Waals surface area contributed by atoms with Gasteiger partial charge in [-0.3, -0.25) is 9.59 Å². The Bertz CT molecular complexity index is 745. The van der Waals surface area contributed by atoms with Crippen molar-refractivity contribution in [2.75, 3.05) is 6.79 Å². The van der Waals surface area contributed by atoms with Crippen LogP contribution in [0, 0.1) is 23.7 Å². The summed E-state index contributed by atoms with van der Waals surface area (Å²) >= 11 is 0. The van der Waals surface area contributed by atoms with Gasteiger partial charge in [0.25, 0.3) is 0 Å². The first-order chi connectivity index (χ1) is 15.9. The van der Waals surface area contributed by atoms with E-state index in [2.05, 4.69) is 0 Å². The van der Waals surface area contributed by atoms with Crippen molar-refractivity contribution in [3.05, 3.63) is 23.8 Å². The van der Waals surface area contributed by atoms with E-state index in [1.807, 2.05) is 13.8 Å². The van der Waals surface area contributed by atoms with Crippen LogP contribution in [0.1, 0.15) is 60.3 Å². The van der Waals surface area contributed by atoms with Crippen LogP contribution in [0.3, 0.4) is 0 Å². The fourth-order valence-electron chi connectivity index (χ4n) is 4.23. The number of ketones is 1. The number of hydrogen-bond donors (Lipinski definition) is 4. The molecule has 1 heterocycles. The highest BCUT2D eigenvalue weighted by atomic mass is 16.6. The van der Waals surface area contributed by atoms with E-state index in [4.69, 9.17) is 19.7 Å². The van der Waals surface area contributed by atoms with Gasteiger partial charge >= 0.3 is 11.9 Å². The molecular weight excluding hydrogens is 444 g/mol. The van der Waals surface area contributed by atoms with Gasteiger partial charge in [0, 0.05) is 11.8 Å². The number of aliphatic hydroxyl groups is 3. The number of hydrogen-bond acceptors (Lipinski definition) is 8. The molecule has 8 atom stereocenters. The number of carbonyl (C=O) groups is 3. The fraction of sp³-hybridized carbons (Fsp3) is 0.720. The number of Topliss-reactive ketones (excluding diaryl/α,β-unsaturated/α-hetero) is 1. The van der Waals surface area contributed by atoms with E-state index in [9.17, 15) is 24.6 Å².